The van der Waals surface area contributed by atoms with E-state index in [0.717, 1.165) is 10.6 Å². The van der Waals surface area contributed by atoms with Crippen molar-refractivity contribution in [1.29, 1.82) is 0 Å². The number of hydrogen-bond donors (Lipinski definition) is 1. The first kappa shape index (κ1) is 29.2. The maximum Gasteiger partial charge on any atom is 0.524 e. The third-order valence-electron chi connectivity index (χ3n) is 6.25. The maximum atomic E-state index is 13.3. The minimum atomic E-state index is -5.03. The molecule has 8 nitrogen and oxygen atoms in total. The van der Waals surface area contributed by atoms with Crippen LogP contribution in [0.3, 0.4) is 0 Å². The van der Waals surface area contributed by atoms with Gasteiger partial charge in [0.1, 0.15) is 6.04 Å². The van der Waals surface area contributed by atoms with Gasteiger partial charge in [-0.15, -0.1) is 13.2 Å². The summed E-state index contributed by atoms with van der Waals surface area (Å²) in [6, 6.07) is 7.39. The number of alkyl halides is 4. The average Bonchev–Trinajstić information content (AvgIpc) is 2.80. The van der Waals surface area contributed by atoms with Crippen molar-refractivity contribution in [3.8, 4) is 0 Å². The number of carbonyl (C=O) groups excluding carboxylic acids is 2. The van der Waals surface area contributed by atoms with E-state index < -0.39 is 39.8 Å². The molecular formula is C24H29ClF3N3O5S. The van der Waals surface area contributed by atoms with Crippen LogP contribution in [0.4, 0.5) is 13.2 Å². The molecule has 0 spiro atoms. The number of halogens is 4. The smallest absolute Gasteiger partial charge is 0.331 e. The molecule has 1 heterocycles. The van der Waals surface area contributed by atoms with E-state index in [9.17, 15) is 31.2 Å². The highest BCUT2D eigenvalue weighted by Gasteiger charge is 2.47. The molecule has 2 amide bonds. The molecule has 1 aliphatic heterocycles. The minimum absolute atomic E-state index is 0.0374. The van der Waals surface area contributed by atoms with Crippen molar-refractivity contribution in [3.05, 3.63) is 53.7 Å². The summed E-state index contributed by atoms with van der Waals surface area (Å²) in [6.45, 7) is 0.275. The zero-order chi connectivity index (χ0) is 27.4. The Morgan fingerprint density at radius 2 is 1.89 bits per heavy atom. The molecule has 1 aromatic rings. The van der Waals surface area contributed by atoms with E-state index in [2.05, 4.69) is 10.1 Å². The molecule has 13 heteroatoms. The second kappa shape index (κ2) is 11.5. The predicted molar refractivity (Wildman–Crippen MR) is 132 cm³/mol. The first-order valence-electron chi connectivity index (χ1n) is 11.6. The van der Waals surface area contributed by atoms with E-state index in [4.69, 9.17) is 11.6 Å². The molecule has 1 aliphatic carbocycles. The largest absolute Gasteiger partial charge is 0.524 e. The van der Waals surface area contributed by atoms with Crippen LogP contribution in [0.2, 0.25) is 0 Å². The van der Waals surface area contributed by atoms with Crippen molar-refractivity contribution in [2.75, 3.05) is 26.4 Å². The van der Waals surface area contributed by atoms with Gasteiger partial charge < -0.3 is 10.2 Å². The first-order valence-corrected chi connectivity index (χ1v) is 13.9. The molecule has 0 radical (unpaired) electrons. The summed E-state index contributed by atoms with van der Waals surface area (Å²) in [6.07, 6.45) is -0.0227. The van der Waals surface area contributed by atoms with Crippen LogP contribution in [0.25, 0.3) is 5.57 Å². The summed E-state index contributed by atoms with van der Waals surface area (Å²) in [5.41, 5.74) is 0.639. The lowest BCUT2D eigenvalue weighted by Crippen LogP contribution is -2.52. The van der Waals surface area contributed by atoms with Gasteiger partial charge in [0.05, 0.1) is 6.26 Å². The standard InChI is InChI=1S/C24H29ClF3N3O5S/c1-30(37(2,34)35)15-13-21(32)31-14-7-6-10-20(31)22(33)29-18-11-12-19(17-8-4-3-5-9-17)23(25,16-18)36-24(26,27)28/h3-5,8-9,11-12,20H,6-7,10,13-16H2,1-2H3,(H,29,33). The second-order valence-corrected chi connectivity index (χ2v) is 11.7. The monoisotopic (exact) mass is 563 g/mol. The summed E-state index contributed by atoms with van der Waals surface area (Å²) in [4.78, 5) is 27.4. The number of carbonyl (C=O) groups is 2. The number of piperidine rings is 1. The molecule has 1 N–H and O–H groups in total. The molecule has 3 rings (SSSR count). The molecule has 2 aliphatic rings. The Morgan fingerprint density at radius 3 is 2.51 bits per heavy atom. The lowest BCUT2D eigenvalue weighted by atomic mass is 9.92. The highest BCUT2D eigenvalue weighted by Crippen LogP contribution is 2.45. The van der Waals surface area contributed by atoms with Gasteiger partial charge in [-0.3, -0.25) is 14.3 Å². The molecule has 0 bridgehead atoms. The molecular weight excluding hydrogens is 535 g/mol. The number of sulfonamides is 1. The van der Waals surface area contributed by atoms with Crippen LogP contribution in [0.1, 0.15) is 37.7 Å². The van der Waals surface area contributed by atoms with Gasteiger partial charge in [0.15, 0.2) is 5.06 Å². The van der Waals surface area contributed by atoms with Crippen LogP contribution >= 0.6 is 11.6 Å². The number of amides is 2. The lowest BCUT2D eigenvalue weighted by molar-refractivity contribution is -0.342. The third kappa shape index (κ3) is 7.79. The van der Waals surface area contributed by atoms with Gasteiger partial charge >= 0.3 is 6.36 Å². The summed E-state index contributed by atoms with van der Waals surface area (Å²) in [5, 5.41) is 0.311. The normalized spacial score (nSPS) is 22.9. The molecule has 0 saturated carbocycles. The average molecular weight is 564 g/mol. The van der Waals surface area contributed by atoms with Crippen LogP contribution in [-0.2, 0) is 24.3 Å². The van der Waals surface area contributed by atoms with Gasteiger partial charge in [0, 0.05) is 44.2 Å². The quantitative estimate of drug-likeness (QED) is 0.488. The van der Waals surface area contributed by atoms with E-state index in [0.29, 0.717) is 31.4 Å². The van der Waals surface area contributed by atoms with Crippen molar-refractivity contribution < 1.29 is 35.9 Å². The van der Waals surface area contributed by atoms with E-state index in [1.165, 1.54) is 24.1 Å². The Bertz CT molecular complexity index is 1170. The van der Waals surface area contributed by atoms with Crippen LogP contribution in [0, 0.1) is 0 Å². The highest BCUT2D eigenvalue weighted by molar-refractivity contribution is 7.88. The number of hydrogen-bond acceptors (Lipinski definition) is 5. The van der Waals surface area contributed by atoms with Crippen molar-refractivity contribution in [3.63, 3.8) is 0 Å². The van der Waals surface area contributed by atoms with Gasteiger partial charge in [-0.1, -0.05) is 48.0 Å². The van der Waals surface area contributed by atoms with Crippen LogP contribution in [0.15, 0.2) is 48.2 Å². The van der Waals surface area contributed by atoms with E-state index in [-0.39, 0.29) is 30.1 Å². The molecule has 1 fully saturated rings. The van der Waals surface area contributed by atoms with Gasteiger partial charge in [0.25, 0.3) is 0 Å². The van der Waals surface area contributed by atoms with Gasteiger partial charge in [-0.05, 0) is 30.9 Å². The fourth-order valence-electron chi connectivity index (χ4n) is 4.30. The SMILES string of the molecule is CN(CCC(=O)N1CCCCC1C(=O)NC1=CC=C(c2ccccc2)C(Cl)(OC(F)(F)F)C1)S(C)(=O)=O. The minimum Gasteiger partial charge on any atom is -0.331 e. The number of nitrogens with zero attached hydrogens (tertiary/aromatic N) is 2. The van der Waals surface area contributed by atoms with E-state index >= 15 is 0 Å². The molecule has 1 saturated heterocycles. The molecule has 2 unspecified atom stereocenters. The molecule has 0 aromatic heterocycles. The highest BCUT2D eigenvalue weighted by atomic mass is 35.5. The van der Waals surface area contributed by atoms with Gasteiger partial charge in [0.2, 0.25) is 21.8 Å². The van der Waals surface area contributed by atoms with Crippen molar-refractivity contribution in [2.45, 2.75) is 49.6 Å². The first-order chi connectivity index (χ1) is 17.2. The van der Waals surface area contributed by atoms with Crippen molar-refractivity contribution in [1.82, 2.24) is 14.5 Å². The predicted octanol–water partition coefficient (Wildman–Crippen LogP) is 3.61. The molecule has 37 heavy (non-hydrogen) atoms. The van der Waals surface area contributed by atoms with Crippen LogP contribution in [0.5, 0.6) is 0 Å². The Morgan fingerprint density at radius 1 is 1.22 bits per heavy atom. The Labute approximate surface area is 219 Å². The topological polar surface area (TPSA) is 96.0 Å². The summed E-state index contributed by atoms with van der Waals surface area (Å²) < 4.78 is 68.4. The Kier molecular flexibility index (Phi) is 9.10. The Hall–Kier alpha value is -2.41. The Balaban J connectivity index is 1.77. The summed E-state index contributed by atoms with van der Waals surface area (Å²) in [7, 11) is -2.10. The molecule has 1 aromatic carbocycles. The number of ether oxygens (including phenoxy) is 1. The number of likely N-dealkylation sites (tertiary alicyclic amines) is 1. The van der Waals surface area contributed by atoms with E-state index in [1.54, 1.807) is 30.3 Å². The number of allylic oxidation sites excluding steroid dienone is 2. The third-order valence-corrected chi connectivity index (χ3v) is 7.98. The second-order valence-electron chi connectivity index (χ2n) is 9.01. The van der Waals surface area contributed by atoms with E-state index in [1.807, 2.05) is 0 Å². The zero-order valence-corrected chi connectivity index (χ0v) is 22.0. The summed E-state index contributed by atoms with van der Waals surface area (Å²) in [5.74, 6) is -0.940. The number of nitrogens with one attached hydrogen (secondary N) is 1. The number of benzene rings is 1. The van der Waals surface area contributed by atoms with Crippen molar-refractivity contribution in [2.24, 2.45) is 0 Å². The summed E-state index contributed by atoms with van der Waals surface area (Å²) >= 11 is 6.39. The maximum absolute atomic E-state index is 13.3. The molecule has 2 atom stereocenters. The lowest BCUT2D eigenvalue weighted by Gasteiger charge is -2.37. The zero-order valence-electron chi connectivity index (χ0n) is 20.4. The van der Waals surface area contributed by atoms with Crippen molar-refractivity contribution >= 4 is 39.0 Å². The fraction of sp³-hybridized carbons (Fsp3) is 0.500. The van der Waals surface area contributed by atoms with Crippen LogP contribution in [-0.4, -0.2) is 73.3 Å². The van der Waals surface area contributed by atoms with Crippen LogP contribution < -0.4 is 5.32 Å². The molecule has 204 valence electrons. The van der Waals surface area contributed by atoms with Gasteiger partial charge in [-0.2, -0.15) is 0 Å². The fourth-order valence-corrected chi connectivity index (χ4v) is 5.13. The number of rotatable bonds is 8. The van der Waals surface area contributed by atoms with Gasteiger partial charge in [-0.25, -0.2) is 12.7 Å².